The summed E-state index contributed by atoms with van der Waals surface area (Å²) in [6.07, 6.45) is 0.960. The van der Waals surface area contributed by atoms with E-state index in [9.17, 15) is 9.59 Å². The van der Waals surface area contributed by atoms with Crippen LogP contribution < -0.4 is 0 Å². The monoisotopic (exact) mass is 195 g/mol. The molecule has 0 radical (unpaired) electrons. The van der Waals surface area contributed by atoms with Crippen molar-refractivity contribution in [3.63, 3.8) is 0 Å². The van der Waals surface area contributed by atoms with Crippen molar-refractivity contribution in [3.05, 3.63) is 22.5 Å². The van der Waals surface area contributed by atoms with Crippen LogP contribution in [0.25, 0.3) is 0 Å². The number of carbonyl (C=O) groups excluding carboxylic acids is 2. The van der Waals surface area contributed by atoms with Crippen molar-refractivity contribution in [2.45, 2.75) is 20.3 Å². The Morgan fingerprint density at radius 3 is 2.57 bits per heavy atom. The number of esters is 1. The van der Waals surface area contributed by atoms with Gasteiger partial charge in [0.25, 0.3) is 0 Å². The van der Waals surface area contributed by atoms with E-state index in [1.807, 2.05) is 13.8 Å². The van der Waals surface area contributed by atoms with Crippen LogP contribution in [0, 0.1) is 13.8 Å². The molecule has 1 heterocycles. The van der Waals surface area contributed by atoms with Gasteiger partial charge in [-0.3, -0.25) is 9.59 Å². The standard InChI is InChI=1S/C10H13NO3/c1-6-8(4-10(13)14-3)7(2)11-9(6)5-12/h5,11H,4H2,1-3H3. The predicted molar refractivity (Wildman–Crippen MR) is 51.4 cm³/mol. The van der Waals surface area contributed by atoms with Gasteiger partial charge in [-0.25, -0.2) is 0 Å². The molecule has 1 N–H and O–H groups in total. The summed E-state index contributed by atoms with van der Waals surface area (Å²) in [5.41, 5.74) is 3.04. The molecule has 14 heavy (non-hydrogen) atoms. The number of aryl methyl sites for hydroxylation is 1. The molecule has 0 aromatic carbocycles. The van der Waals surface area contributed by atoms with Crippen LogP contribution in [0.2, 0.25) is 0 Å². The lowest BCUT2D eigenvalue weighted by Crippen LogP contribution is -2.05. The van der Waals surface area contributed by atoms with Gasteiger partial charge in [-0.05, 0) is 25.0 Å². The lowest BCUT2D eigenvalue weighted by Gasteiger charge is -2.00. The predicted octanol–water partition coefficient (Wildman–Crippen LogP) is 1.16. The topological polar surface area (TPSA) is 59.2 Å². The van der Waals surface area contributed by atoms with E-state index < -0.39 is 0 Å². The molecule has 0 aliphatic carbocycles. The highest BCUT2D eigenvalue weighted by Crippen LogP contribution is 2.17. The fraction of sp³-hybridized carbons (Fsp3) is 0.400. The van der Waals surface area contributed by atoms with Crippen LogP contribution in [0.4, 0.5) is 0 Å². The van der Waals surface area contributed by atoms with E-state index >= 15 is 0 Å². The maximum Gasteiger partial charge on any atom is 0.310 e. The Morgan fingerprint density at radius 1 is 1.50 bits per heavy atom. The highest BCUT2D eigenvalue weighted by atomic mass is 16.5. The van der Waals surface area contributed by atoms with Crippen LogP contribution in [-0.4, -0.2) is 24.3 Å². The summed E-state index contributed by atoms with van der Waals surface area (Å²) in [6, 6.07) is 0. The number of methoxy groups -OCH3 is 1. The van der Waals surface area contributed by atoms with Crippen LogP contribution >= 0.6 is 0 Å². The quantitative estimate of drug-likeness (QED) is 0.581. The molecule has 1 aromatic heterocycles. The average Bonchev–Trinajstić information content (AvgIpc) is 2.44. The molecule has 4 nitrogen and oxygen atoms in total. The molecule has 0 amide bonds. The summed E-state index contributed by atoms with van der Waals surface area (Å²) in [5, 5.41) is 0. The molecule has 0 saturated carbocycles. The van der Waals surface area contributed by atoms with Crippen molar-refractivity contribution in [1.29, 1.82) is 0 Å². The van der Waals surface area contributed by atoms with Crippen molar-refractivity contribution < 1.29 is 14.3 Å². The maximum absolute atomic E-state index is 11.1. The Balaban J connectivity index is 3.02. The zero-order valence-electron chi connectivity index (χ0n) is 8.51. The van der Waals surface area contributed by atoms with Crippen LogP contribution in [0.1, 0.15) is 27.3 Å². The summed E-state index contributed by atoms with van der Waals surface area (Å²) >= 11 is 0. The molecule has 1 rings (SSSR count). The fourth-order valence-corrected chi connectivity index (χ4v) is 1.41. The van der Waals surface area contributed by atoms with Gasteiger partial charge in [0.15, 0.2) is 6.29 Å². The molecular formula is C10H13NO3. The first kappa shape index (κ1) is 10.5. The van der Waals surface area contributed by atoms with Gasteiger partial charge in [0.1, 0.15) is 0 Å². The summed E-state index contributed by atoms with van der Waals surface area (Å²) in [6.45, 7) is 3.64. The van der Waals surface area contributed by atoms with E-state index in [4.69, 9.17) is 0 Å². The van der Waals surface area contributed by atoms with Crippen molar-refractivity contribution >= 4 is 12.3 Å². The third kappa shape index (κ3) is 1.84. The summed E-state index contributed by atoms with van der Waals surface area (Å²) in [4.78, 5) is 24.6. The number of aromatic amines is 1. The number of hydrogen-bond donors (Lipinski definition) is 1. The fourth-order valence-electron chi connectivity index (χ4n) is 1.41. The van der Waals surface area contributed by atoms with Crippen LogP contribution in [-0.2, 0) is 16.0 Å². The number of rotatable bonds is 3. The molecule has 0 bridgehead atoms. The lowest BCUT2D eigenvalue weighted by atomic mass is 10.1. The number of H-pyrrole nitrogens is 1. The molecular weight excluding hydrogens is 182 g/mol. The van der Waals surface area contributed by atoms with Gasteiger partial charge in [-0.15, -0.1) is 0 Å². The van der Waals surface area contributed by atoms with Gasteiger partial charge < -0.3 is 9.72 Å². The van der Waals surface area contributed by atoms with Crippen molar-refractivity contribution in [1.82, 2.24) is 4.98 Å². The lowest BCUT2D eigenvalue weighted by molar-refractivity contribution is -0.139. The van der Waals surface area contributed by atoms with Crippen LogP contribution in [0.15, 0.2) is 0 Å². The first-order valence-corrected chi connectivity index (χ1v) is 4.30. The highest BCUT2D eigenvalue weighted by Gasteiger charge is 2.13. The first-order chi connectivity index (χ1) is 6.60. The van der Waals surface area contributed by atoms with Gasteiger partial charge in [-0.2, -0.15) is 0 Å². The molecule has 0 fully saturated rings. The zero-order chi connectivity index (χ0) is 10.7. The van der Waals surface area contributed by atoms with E-state index in [-0.39, 0.29) is 12.4 Å². The molecule has 0 atom stereocenters. The van der Waals surface area contributed by atoms with E-state index in [2.05, 4.69) is 9.72 Å². The van der Waals surface area contributed by atoms with Crippen molar-refractivity contribution in [3.8, 4) is 0 Å². The molecule has 0 aliphatic heterocycles. The SMILES string of the molecule is COC(=O)Cc1c(C)[nH]c(C=O)c1C. The van der Waals surface area contributed by atoms with Gasteiger partial charge >= 0.3 is 5.97 Å². The van der Waals surface area contributed by atoms with Crippen LogP contribution in [0.5, 0.6) is 0 Å². The molecule has 76 valence electrons. The van der Waals surface area contributed by atoms with E-state index in [1.54, 1.807) is 0 Å². The summed E-state index contributed by atoms with van der Waals surface area (Å²) in [7, 11) is 1.35. The zero-order valence-corrected chi connectivity index (χ0v) is 8.51. The molecule has 1 aromatic rings. The molecule has 0 saturated heterocycles. The molecule has 0 unspecified atom stereocenters. The highest BCUT2D eigenvalue weighted by molar-refractivity contribution is 5.79. The number of ether oxygens (including phenoxy) is 1. The third-order valence-corrected chi connectivity index (χ3v) is 2.30. The number of hydrogen-bond acceptors (Lipinski definition) is 3. The average molecular weight is 195 g/mol. The third-order valence-electron chi connectivity index (χ3n) is 2.30. The minimum absolute atomic E-state index is 0.207. The summed E-state index contributed by atoms with van der Waals surface area (Å²) in [5.74, 6) is -0.298. The maximum atomic E-state index is 11.1. The summed E-state index contributed by atoms with van der Waals surface area (Å²) < 4.78 is 4.57. The second kappa shape index (κ2) is 4.09. The number of nitrogens with one attached hydrogen (secondary N) is 1. The Morgan fingerprint density at radius 2 is 2.14 bits per heavy atom. The van der Waals surface area contributed by atoms with Gasteiger partial charge in [0, 0.05) is 5.69 Å². The van der Waals surface area contributed by atoms with Gasteiger partial charge in [0.2, 0.25) is 0 Å². The largest absolute Gasteiger partial charge is 0.469 e. The normalized spacial score (nSPS) is 9.93. The smallest absolute Gasteiger partial charge is 0.310 e. The first-order valence-electron chi connectivity index (χ1n) is 4.30. The Hall–Kier alpha value is -1.58. The van der Waals surface area contributed by atoms with Crippen molar-refractivity contribution in [2.75, 3.05) is 7.11 Å². The van der Waals surface area contributed by atoms with E-state index in [1.165, 1.54) is 7.11 Å². The van der Waals surface area contributed by atoms with E-state index in [0.717, 1.165) is 23.1 Å². The van der Waals surface area contributed by atoms with E-state index in [0.29, 0.717) is 5.69 Å². The number of aromatic nitrogens is 1. The Kier molecular flexibility index (Phi) is 3.06. The van der Waals surface area contributed by atoms with Gasteiger partial charge in [0.05, 0.1) is 19.2 Å². The van der Waals surface area contributed by atoms with Gasteiger partial charge in [-0.1, -0.05) is 0 Å². The van der Waals surface area contributed by atoms with Crippen molar-refractivity contribution in [2.24, 2.45) is 0 Å². The molecule has 0 aliphatic rings. The molecule has 4 heteroatoms. The second-order valence-corrected chi connectivity index (χ2v) is 3.14. The second-order valence-electron chi connectivity index (χ2n) is 3.14. The number of aldehydes is 1. The minimum atomic E-state index is -0.298. The molecule has 0 spiro atoms. The minimum Gasteiger partial charge on any atom is -0.469 e. The van der Waals surface area contributed by atoms with Crippen LogP contribution in [0.3, 0.4) is 0 Å². The number of carbonyl (C=O) groups is 2. The Bertz CT molecular complexity index is 366. The Labute approximate surface area is 82.3 Å².